The third-order valence-corrected chi connectivity index (χ3v) is 4.12. The summed E-state index contributed by atoms with van der Waals surface area (Å²) in [5, 5.41) is 7.03. The van der Waals surface area contributed by atoms with Crippen molar-refractivity contribution in [3.63, 3.8) is 0 Å². The van der Waals surface area contributed by atoms with Gasteiger partial charge in [0.05, 0.1) is 0 Å². The molecule has 0 atom stereocenters. The first-order valence-electron chi connectivity index (χ1n) is 7.94. The van der Waals surface area contributed by atoms with Crippen LogP contribution in [0.4, 0.5) is 0 Å². The molecule has 5 heteroatoms. The molecule has 0 saturated heterocycles. The van der Waals surface area contributed by atoms with Gasteiger partial charge in [-0.2, -0.15) is 4.98 Å². The topological polar surface area (TPSA) is 68.0 Å². The van der Waals surface area contributed by atoms with Gasteiger partial charge in [-0.05, 0) is 25.0 Å². The summed E-state index contributed by atoms with van der Waals surface area (Å²) in [6.07, 6.45) is 7.16. The van der Waals surface area contributed by atoms with E-state index in [2.05, 4.69) is 15.5 Å². The molecule has 1 fully saturated rings. The maximum absolute atomic E-state index is 12.3. The van der Waals surface area contributed by atoms with Gasteiger partial charge >= 0.3 is 0 Å². The summed E-state index contributed by atoms with van der Waals surface area (Å²) in [6.45, 7) is 1.76. The average molecular weight is 299 g/mol. The second kappa shape index (κ2) is 6.73. The number of carbonyl (C=O) groups is 1. The van der Waals surface area contributed by atoms with E-state index in [1.807, 2.05) is 24.3 Å². The van der Waals surface area contributed by atoms with Gasteiger partial charge < -0.3 is 9.84 Å². The number of carbonyl (C=O) groups excluding carboxylic acids is 1. The molecule has 0 unspecified atom stereocenters. The van der Waals surface area contributed by atoms with E-state index in [4.69, 9.17) is 4.52 Å². The molecule has 0 spiro atoms. The lowest BCUT2D eigenvalue weighted by Gasteiger charge is -2.16. The zero-order chi connectivity index (χ0) is 15.4. The first kappa shape index (κ1) is 14.8. The van der Waals surface area contributed by atoms with E-state index in [9.17, 15) is 4.79 Å². The van der Waals surface area contributed by atoms with E-state index in [0.29, 0.717) is 23.3 Å². The normalized spacial score (nSPS) is 16.2. The molecule has 1 aromatic heterocycles. The van der Waals surface area contributed by atoms with Gasteiger partial charge in [0.1, 0.15) is 0 Å². The highest BCUT2D eigenvalue weighted by atomic mass is 16.5. The van der Waals surface area contributed by atoms with Gasteiger partial charge in [0.15, 0.2) is 0 Å². The monoisotopic (exact) mass is 299 g/mol. The molecule has 22 heavy (non-hydrogen) atoms. The van der Waals surface area contributed by atoms with Gasteiger partial charge in [-0.1, -0.05) is 43.0 Å². The fourth-order valence-electron chi connectivity index (χ4n) is 2.88. The number of aryl methyl sites for hydroxylation is 1. The van der Waals surface area contributed by atoms with E-state index in [-0.39, 0.29) is 5.91 Å². The highest BCUT2D eigenvalue weighted by Gasteiger charge is 2.16. The molecule has 0 aliphatic heterocycles. The van der Waals surface area contributed by atoms with Crippen LogP contribution in [-0.4, -0.2) is 22.1 Å². The van der Waals surface area contributed by atoms with Crippen LogP contribution in [-0.2, 0) is 0 Å². The zero-order valence-electron chi connectivity index (χ0n) is 12.8. The van der Waals surface area contributed by atoms with Gasteiger partial charge in [-0.15, -0.1) is 0 Å². The molecular formula is C17H21N3O2. The number of benzene rings is 1. The summed E-state index contributed by atoms with van der Waals surface area (Å²) in [6, 6.07) is 7.65. The third kappa shape index (κ3) is 3.53. The van der Waals surface area contributed by atoms with Crippen LogP contribution in [0, 0.1) is 6.92 Å². The summed E-state index contributed by atoms with van der Waals surface area (Å²) in [5.41, 5.74) is 1.52. The van der Waals surface area contributed by atoms with Crippen LogP contribution >= 0.6 is 0 Å². The van der Waals surface area contributed by atoms with Gasteiger partial charge in [0, 0.05) is 24.1 Å². The maximum Gasteiger partial charge on any atom is 0.251 e. The minimum absolute atomic E-state index is 0.00254. The van der Waals surface area contributed by atoms with Gasteiger partial charge in [0.2, 0.25) is 11.7 Å². The van der Waals surface area contributed by atoms with E-state index in [1.54, 1.807) is 6.92 Å². The Kier molecular flexibility index (Phi) is 4.51. The van der Waals surface area contributed by atoms with Crippen molar-refractivity contribution in [2.24, 2.45) is 0 Å². The smallest absolute Gasteiger partial charge is 0.251 e. The molecule has 1 aliphatic carbocycles. The van der Waals surface area contributed by atoms with Crippen LogP contribution in [0.2, 0.25) is 0 Å². The van der Waals surface area contributed by atoms with Crippen molar-refractivity contribution >= 4 is 5.91 Å². The fourth-order valence-corrected chi connectivity index (χ4v) is 2.88. The van der Waals surface area contributed by atoms with Gasteiger partial charge in [-0.3, -0.25) is 4.79 Å². The highest BCUT2D eigenvalue weighted by molar-refractivity contribution is 5.94. The molecule has 2 aromatic rings. The van der Waals surface area contributed by atoms with Crippen molar-refractivity contribution in [2.75, 3.05) is 0 Å². The lowest BCUT2D eigenvalue weighted by atomic mass is 10.1. The minimum atomic E-state index is 0.00254. The molecule has 1 N–H and O–H groups in total. The largest absolute Gasteiger partial charge is 0.349 e. The number of nitrogens with one attached hydrogen (secondary N) is 1. The average Bonchev–Trinajstić information content (AvgIpc) is 2.80. The lowest BCUT2D eigenvalue weighted by molar-refractivity contribution is 0.0933. The molecule has 1 aliphatic rings. The van der Waals surface area contributed by atoms with Crippen molar-refractivity contribution in [1.82, 2.24) is 15.5 Å². The fraction of sp³-hybridized carbons (Fsp3) is 0.471. The quantitative estimate of drug-likeness (QED) is 0.881. The molecule has 116 valence electrons. The first-order valence-corrected chi connectivity index (χ1v) is 7.94. The Morgan fingerprint density at radius 3 is 2.41 bits per heavy atom. The number of rotatable bonds is 3. The van der Waals surface area contributed by atoms with Gasteiger partial charge in [0.25, 0.3) is 5.91 Å². The van der Waals surface area contributed by atoms with Crippen molar-refractivity contribution in [1.29, 1.82) is 0 Å². The Balaban J connectivity index is 1.65. The number of hydrogen-bond acceptors (Lipinski definition) is 4. The first-order chi connectivity index (χ1) is 10.7. The lowest BCUT2D eigenvalue weighted by Crippen LogP contribution is -2.34. The summed E-state index contributed by atoms with van der Waals surface area (Å²) in [4.78, 5) is 16.5. The molecule has 0 bridgehead atoms. The standard InChI is InChI=1S/C17H21N3O2/c1-12-18-16(20-22-12)13-8-10-14(11-9-13)17(21)19-15-6-4-2-3-5-7-15/h8-11,15H,2-7H2,1H3,(H,19,21). The van der Waals surface area contributed by atoms with Crippen LogP contribution in [0.15, 0.2) is 28.8 Å². The van der Waals surface area contributed by atoms with Crippen LogP contribution in [0.1, 0.15) is 54.8 Å². The minimum Gasteiger partial charge on any atom is -0.349 e. The zero-order valence-corrected chi connectivity index (χ0v) is 12.8. The van der Waals surface area contributed by atoms with E-state index in [0.717, 1.165) is 18.4 Å². The van der Waals surface area contributed by atoms with Crippen molar-refractivity contribution in [2.45, 2.75) is 51.5 Å². The Bertz CT molecular complexity index is 626. The van der Waals surface area contributed by atoms with Crippen molar-refractivity contribution < 1.29 is 9.32 Å². The highest BCUT2D eigenvalue weighted by Crippen LogP contribution is 2.19. The third-order valence-electron chi connectivity index (χ3n) is 4.12. The Hall–Kier alpha value is -2.17. The summed E-state index contributed by atoms with van der Waals surface area (Å²) < 4.78 is 4.97. The molecule has 1 amide bonds. The van der Waals surface area contributed by atoms with E-state index >= 15 is 0 Å². The Labute approximate surface area is 130 Å². The molecule has 1 heterocycles. The molecule has 3 rings (SSSR count). The predicted molar refractivity (Wildman–Crippen MR) is 83.4 cm³/mol. The SMILES string of the molecule is Cc1nc(-c2ccc(C(=O)NC3CCCCCC3)cc2)no1. The number of aromatic nitrogens is 2. The molecule has 0 radical (unpaired) electrons. The Morgan fingerprint density at radius 2 is 1.82 bits per heavy atom. The second-order valence-corrected chi connectivity index (χ2v) is 5.88. The molecular weight excluding hydrogens is 278 g/mol. The summed E-state index contributed by atoms with van der Waals surface area (Å²) >= 11 is 0. The number of hydrogen-bond donors (Lipinski definition) is 1. The van der Waals surface area contributed by atoms with Crippen LogP contribution in [0.5, 0.6) is 0 Å². The second-order valence-electron chi connectivity index (χ2n) is 5.88. The van der Waals surface area contributed by atoms with Gasteiger partial charge in [-0.25, -0.2) is 0 Å². The molecule has 1 saturated carbocycles. The van der Waals surface area contributed by atoms with Crippen molar-refractivity contribution in [3.8, 4) is 11.4 Å². The van der Waals surface area contributed by atoms with Crippen LogP contribution in [0.3, 0.4) is 0 Å². The van der Waals surface area contributed by atoms with Crippen LogP contribution in [0.25, 0.3) is 11.4 Å². The number of amides is 1. The van der Waals surface area contributed by atoms with E-state index in [1.165, 1.54) is 25.7 Å². The summed E-state index contributed by atoms with van der Waals surface area (Å²) in [5.74, 6) is 1.08. The van der Waals surface area contributed by atoms with E-state index < -0.39 is 0 Å². The van der Waals surface area contributed by atoms with Crippen LogP contribution < -0.4 is 5.32 Å². The van der Waals surface area contributed by atoms with Crippen molar-refractivity contribution in [3.05, 3.63) is 35.7 Å². The predicted octanol–water partition coefficient (Wildman–Crippen LogP) is 3.50. The molecule has 5 nitrogen and oxygen atoms in total. The number of nitrogens with zero attached hydrogens (tertiary/aromatic N) is 2. The summed E-state index contributed by atoms with van der Waals surface area (Å²) in [7, 11) is 0. The Morgan fingerprint density at radius 1 is 1.14 bits per heavy atom. The maximum atomic E-state index is 12.3. The molecule has 1 aromatic carbocycles.